The molecule has 1 saturated carbocycles. The van der Waals surface area contributed by atoms with Crippen molar-refractivity contribution in [2.24, 2.45) is 5.92 Å². The van der Waals surface area contributed by atoms with E-state index in [9.17, 15) is 13.6 Å². The van der Waals surface area contributed by atoms with Gasteiger partial charge in [0.1, 0.15) is 11.6 Å². The van der Waals surface area contributed by atoms with Crippen LogP contribution in [0.1, 0.15) is 23.2 Å². The highest BCUT2D eigenvalue weighted by Crippen LogP contribution is 2.35. The van der Waals surface area contributed by atoms with Crippen molar-refractivity contribution in [3.8, 4) is 0 Å². The highest BCUT2D eigenvalue weighted by Gasteiger charge is 2.32. The second kappa shape index (κ2) is 6.17. The first-order chi connectivity index (χ1) is 9.56. The Hall–Kier alpha value is -1.69. The van der Waals surface area contributed by atoms with Gasteiger partial charge in [0.05, 0.1) is 31.0 Å². The number of benzene rings is 1. The predicted octanol–water partition coefficient (Wildman–Crippen LogP) is 2.59. The van der Waals surface area contributed by atoms with E-state index >= 15 is 0 Å². The maximum atomic E-state index is 13.8. The van der Waals surface area contributed by atoms with Gasteiger partial charge in [-0.3, -0.25) is 0 Å². The van der Waals surface area contributed by atoms with Crippen LogP contribution < -0.4 is 5.32 Å². The lowest BCUT2D eigenvalue weighted by atomic mass is 10.1. The van der Waals surface area contributed by atoms with Gasteiger partial charge in [-0.15, -0.1) is 0 Å². The Kier molecular flexibility index (Phi) is 4.54. The number of rotatable bonds is 6. The van der Waals surface area contributed by atoms with E-state index in [1.165, 1.54) is 0 Å². The number of hydrogen-bond acceptors (Lipinski definition) is 4. The van der Waals surface area contributed by atoms with Gasteiger partial charge < -0.3 is 14.8 Å². The average molecular weight is 285 g/mol. The number of anilines is 1. The number of methoxy groups -OCH3 is 2. The molecule has 0 aliphatic heterocycles. The minimum Gasteiger partial charge on any atom is -0.465 e. The molecule has 1 aromatic rings. The first kappa shape index (κ1) is 14.7. The summed E-state index contributed by atoms with van der Waals surface area (Å²) in [6, 6.07) is 1.78. The molecule has 0 radical (unpaired) electrons. The van der Waals surface area contributed by atoms with Gasteiger partial charge in [-0.05, 0) is 24.8 Å². The Morgan fingerprint density at radius 3 is 2.60 bits per heavy atom. The van der Waals surface area contributed by atoms with Crippen LogP contribution in [0.5, 0.6) is 0 Å². The zero-order chi connectivity index (χ0) is 14.7. The number of esters is 1. The molecular weight excluding hydrogens is 268 g/mol. The first-order valence-corrected chi connectivity index (χ1v) is 6.39. The topological polar surface area (TPSA) is 47.6 Å². The van der Waals surface area contributed by atoms with Gasteiger partial charge in [-0.1, -0.05) is 0 Å². The Morgan fingerprint density at radius 2 is 2.05 bits per heavy atom. The SMILES string of the molecule is COCC(Nc1cc(C(=O)OC)c(F)cc1F)C1CC1. The van der Waals surface area contributed by atoms with Crippen LogP contribution in [0, 0.1) is 17.6 Å². The molecule has 0 saturated heterocycles. The van der Waals surface area contributed by atoms with E-state index in [2.05, 4.69) is 10.1 Å². The normalized spacial score (nSPS) is 15.8. The van der Waals surface area contributed by atoms with Crippen molar-refractivity contribution < 1.29 is 23.0 Å². The Labute approximate surface area is 116 Å². The van der Waals surface area contributed by atoms with Gasteiger partial charge in [0.25, 0.3) is 0 Å². The van der Waals surface area contributed by atoms with Crippen molar-refractivity contribution in [3.05, 3.63) is 29.3 Å². The summed E-state index contributed by atoms with van der Waals surface area (Å²) in [7, 11) is 2.72. The summed E-state index contributed by atoms with van der Waals surface area (Å²) in [5.41, 5.74) is -0.205. The molecule has 1 fully saturated rings. The summed E-state index contributed by atoms with van der Waals surface area (Å²) in [4.78, 5) is 11.4. The lowest BCUT2D eigenvalue weighted by Crippen LogP contribution is -2.28. The third kappa shape index (κ3) is 3.25. The molecule has 1 N–H and O–H groups in total. The third-order valence-electron chi connectivity index (χ3n) is 3.34. The second-order valence-electron chi connectivity index (χ2n) is 4.85. The van der Waals surface area contributed by atoms with Crippen LogP contribution in [-0.4, -0.2) is 32.8 Å². The minimum atomic E-state index is -0.936. The van der Waals surface area contributed by atoms with E-state index in [1.54, 1.807) is 7.11 Å². The number of ether oxygens (including phenoxy) is 2. The number of carbonyl (C=O) groups is 1. The largest absolute Gasteiger partial charge is 0.465 e. The quantitative estimate of drug-likeness (QED) is 0.816. The van der Waals surface area contributed by atoms with Gasteiger partial charge in [0.15, 0.2) is 0 Å². The van der Waals surface area contributed by atoms with Crippen molar-refractivity contribution in [1.82, 2.24) is 0 Å². The Balaban J connectivity index is 2.23. The monoisotopic (exact) mass is 285 g/mol. The molecule has 1 aliphatic rings. The van der Waals surface area contributed by atoms with Crippen LogP contribution in [0.4, 0.5) is 14.5 Å². The number of hydrogen-bond donors (Lipinski definition) is 1. The van der Waals surface area contributed by atoms with E-state index in [-0.39, 0.29) is 17.3 Å². The van der Waals surface area contributed by atoms with Crippen LogP contribution in [-0.2, 0) is 9.47 Å². The molecule has 0 spiro atoms. The van der Waals surface area contributed by atoms with E-state index in [4.69, 9.17) is 4.74 Å². The predicted molar refractivity (Wildman–Crippen MR) is 69.7 cm³/mol. The molecule has 0 heterocycles. The number of halogens is 2. The fraction of sp³-hybridized carbons (Fsp3) is 0.500. The summed E-state index contributed by atoms with van der Waals surface area (Å²) in [6.07, 6.45) is 2.10. The molecule has 2 rings (SSSR count). The Bertz CT molecular complexity index is 503. The summed E-state index contributed by atoms with van der Waals surface area (Å²) in [6.45, 7) is 0.426. The smallest absolute Gasteiger partial charge is 0.340 e. The molecule has 110 valence electrons. The highest BCUT2D eigenvalue weighted by molar-refractivity contribution is 5.90. The maximum absolute atomic E-state index is 13.8. The van der Waals surface area contributed by atoms with Gasteiger partial charge in [-0.2, -0.15) is 0 Å². The van der Waals surface area contributed by atoms with Gasteiger partial charge in [-0.25, -0.2) is 13.6 Å². The zero-order valence-electron chi connectivity index (χ0n) is 11.4. The van der Waals surface area contributed by atoms with E-state index in [1.807, 2.05) is 0 Å². The van der Waals surface area contributed by atoms with Crippen molar-refractivity contribution in [2.75, 3.05) is 26.1 Å². The summed E-state index contributed by atoms with van der Waals surface area (Å²) in [5, 5.41) is 2.98. The van der Waals surface area contributed by atoms with Crippen molar-refractivity contribution in [2.45, 2.75) is 18.9 Å². The third-order valence-corrected chi connectivity index (χ3v) is 3.34. The standard InChI is InChI=1S/C14H17F2NO3/c1-19-7-13(8-3-4-8)17-12-5-9(14(18)20-2)10(15)6-11(12)16/h5-6,8,13,17H,3-4,7H2,1-2H3. The molecular formula is C14H17F2NO3. The van der Waals surface area contributed by atoms with E-state index < -0.39 is 17.6 Å². The maximum Gasteiger partial charge on any atom is 0.340 e. The van der Waals surface area contributed by atoms with Crippen molar-refractivity contribution in [3.63, 3.8) is 0 Å². The molecule has 1 unspecified atom stereocenters. The van der Waals surface area contributed by atoms with Crippen LogP contribution in [0.25, 0.3) is 0 Å². The summed E-state index contributed by atoms with van der Waals surface area (Å²) >= 11 is 0. The molecule has 4 nitrogen and oxygen atoms in total. The summed E-state index contributed by atoms with van der Waals surface area (Å²) in [5.74, 6) is -2.09. The molecule has 0 bridgehead atoms. The van der Waals surface area contributed by atoms with Crippen molar-refractivity contribution >= 4 is 11.7 Å². The van der Waals surface area contributed by atoms with Crippen LogP contribution in [0.2, 0.25) is 0 Å². The van der Waals surface area contributed by atoms with Gasteiger partial charge in [0, 0.05) is 13.2 Å². The molecule has 1 atom stereocenters. The lowest BCUT2D eigenvalue weighted by Gasteiger charge is -2.19. The zero-order valence-corrected chi connectivity index (χ0v) is 11.4. The molecule has 0 amide bonds. The van der Waals surface area contributed by atoms with Crippen LogP contribution in [0.3, 0.4) is 0 Å². The fourth-order valence-electron chi connectivity index (χ4n) is 2.10. The molecule has 1 aromatic carbocycles. The average Bonchev–Trinajstić information content (AvgIpc) is 3.24. The second-order valence-corrected chi connectivity index (χ2v) is 4.85. The molecule has 1 aliphatic carbocycles. The van der Waals surface area contributed by atoms with Crippen LogP contribution >= 0.6 is 0 Å². The summed E-state index contributed by atoms with van der Waals surface area (Å²) < 4.78 is 36.9. The fourth-order valence-corrected chi connectivity index (χ4v) is 2.10. The van der Waals surface area contributed by atoms with Crippen molar-refractivity contribution in [1.29, 1.82) is 0 Å². The van der Waals surface area contributed by atoms with E-state index in [0.717, 1.165) is 26.0 Å². The first-order valence-electron chi connectivity index (χ1n) is 6.39. The number of carbonyl (C=O) groups excluding carboxylic acids is 1. The minimum absolute atomic E-state index is 0.0505. The molecule has 0 aromatic heterocycles. The number of nitrogens with one attached hydrogen (secondary N) is 1. The van der Waals surface area contributed by atoms with Gasteiger partial charge >= 0.3 is 5.97 Å². The van der Waals surface area contributed by atoms with Gasteiger partial charge in [0.2, 0.25) is 0 Å². The molecule has 20 heavy (non-hydrogen) atoms. The highest BCUT2D eigenvalue weighted by atomic mass is 19.1. The van der Waals surface area contributed by atoms with Crippen LogP contribution in [0.15, 0.2) is 12.1 Å². The van der Waals surface area contributed by atoms with E-state index in [0.29, 0.717) is 18.6 Å². The Morgan fingerprint density at radius 1 is 1.35 bits per heavy atom. The lowest BCUT2D eigenvalue weighted by molar-refractivity contribution is 0.0595. The molecule has 6 heteroatoms.